The van der Waals surface area contributed by atoms with Crippen LogP contribution in [0.5, 0.6) is 0 Å². The van der Waals surface area contributed by atoms with Gasteiger partial charge in [-0.1, -0.05) is 6.58 Å². The Morgan fingerprint density at radius 2 is 1.84 bits per heavy atom. The first-order chi connectivity index (χ1) is 14.9. The van der Waals surface area contributed by atoms with Gasteiger partial charge >= 0.3 is 17.9 Å². The van der Waals surface area contributed by atoms with E-state index in [0.29, 0.717) is 32.1 Å². The van der Waals surface area contributed by atoms with Gasteiger partial charge in [-0.3, -0.25) is 14.4 Å². The smallest absolute Gasteiger partial charge is 0.324 e. The van der Waals surface area contributed by atoms with Crippen molar-refractivity contribution in [2.45, 2.75) is 75.8 Å². The van der Waals surface area contributed by atoms with E-state index >= 15 is 0 Å². The van der Waals surface area contributed by atoms with E-state index < -0.39 is 54.1 Å². The fraction of sp³-hybridized carbons (Fsp3) is 0.792. The molecule has 5 aliphatic rings. The lowest BCUT2D eigenvalue weighted by atomic mass is 9.59. The Kier molecular flexibility index (Phi) is 4.47. The lowest BCUT2D eigenvalue weighted by molar-refractivity contribution is -0.171. The van der Waals surface area contributed by atoms with Crippen molar-refractivity contribution in [3.05, 3.63) is 12.2 Å². The number of ether oxygens (including phenoxy) is 3. The highest BCUT2D eigenvalue weighted by Gasteiger charge is 2.86. The largest absolute Gasteiger partial charge is 0.469 e. The first kappa shape index (κ1) is 22.1. The Labute approximate surface area is 190 Å². The second kappa shape index (κ2) is 6.47. The molecule has 1 aliphatic heterocycles. The first-order valence-corrected chi connectivity index (χ1v) is 15.1. The number of carbonyl (C=O) groups is 3. The Morgan fingerprint density at radius 1 is 1.12 bits per heavy atom. The molecular formula is C24H34O7Si. The van der Waals surface area contributed by atoms with E-state index in [1.165, 1.54) is 14.2 Å². The van der Waals surface area contributed by atoms with Gasteiger partial charge in [0.15, 0.2) is 13.7 Å². The molecule has 1 heterocycles. The molecule has 32 heavy (non-hydrogen) atoms. The maximum atomic E-state index is 13.5. The summed E-state index contributed by atoms with van der Waals surface area (Å²) in [7, 11) is 0.786. The number of fused-ring (bicyclic) bond motifs is 1. The van der Waals surface area contributed by atoms with E-state index in [9.17, 15) is 14.4 Å². The lowest BCUT2D eigenvalue weighted by Gasteiger charge is -2.48. The van der Waals surface area contributed by atoms with E-state index in [0.717, 1.165) is 18.4 Å². The van der Waals surface area contributed by atoms with Gasteiger partial charge in [0.1, 0.15) is 5.60 Å². The Balaban J connectivity index is 1.70. The minimum atomic E-state index is -1.90. The molecule has 0 amide bonds. The van der Waals surface area contributed by atoms with Crippen LogP contribution >= 0.6 is 0 Å². The van der Waals surface area contributed by atoms with Crippen LogP contribution in [0.25, 0.3) is 0 Å². The summed E-state index contributed by atoms with van der Waals surface area (Å²) in [5, 5.41) is 0. The second-order valence-corrected chi connectivity index (χ2v) is 16.1. The predicted octanol–water partition coefficient (Wildman–Crippen LogP) is 3.38. The van der Waals surface area contributed by atoms with Crippen molar-refractivity contribution in [2.24, 2.45) is 28.6 Å². The molecule has 176 valence electrons. The molecule has 0 aromatic carbocycles. The quantitative estimate of drug-likeness (QED) is 0.208. The van der Waals surface area contributed by atoms with Crippen LogP contribution < -0.4 is 0 Å². The van der Waals surface area contributed by atoms with Crippen molar-refractivity contribution in [2.75, 3.05) is 14.2 Å². The summed E-state index contributed by atoms with van der Waals surface area (Å²) in [6, 6.07) is 0. The third-order valence-corrected chi connectivity index (χ3v) is 10.2. The Hall–Kier alpha value is -1.67. The van der Waals surface area contributed by atoms with Gasteiger partial charge in [-0.2, -0.15) is 0 Å². The van der Waals surface area contributed by atoms with Gasteiger partial charge in [-0.25, -0.2) is 0 Å². The Bertz CT molecular complexity index is 924. The average Bonchev–Trinajstić information content (AvgIpc) is 3.13. The van der Waals surface area contributed by atoms with Crippen molar-refractivity contribution in [1.29, 1.82) is 0 Å². The molecule has 7 atom stereocenters. The van der Waals surface area contributed by atoms with Gasteiger partial charge in [-0.05, 0) is 75.6 Å². The molecule has 3 unspecified atom stereocenters. The van der Waals surface area contributed by atoms with Gasteiger partial charge in [0.25, 0.3) is 0 Å². The van der Waals surface area contributed by atoms with Crippen molar-refractivity contribution in [3.8, 4) is 0 Å². The van der Waals surface area contributed by atoms with Crippen LogP contribution in [0.3, 0.4) is 0 Å². The van der Waals surface area contributed by atoms with Crippen molar-refractivity contribution >= 4 is 26.2 Å². The highest BCUT2D eigenvalue weighted by atomic mass is 28.4. The normalized spacial score (nSPS) is 46.3. The van der Waals surface area contributed by atoms with Gasteiger partial charge in [0, 0.05) is 11.8 Å². The van der Waals surface area contributed by atoms with Gasteiger partial charge in [0.2, 0.25) is 0 Å². The number of esters is 3. The van der Waals surface area contributed by atoms with E-state index in [4.69, 9.17) is 18.6 Å². The van der Waals surface area contributed by atoms with Gasteiger partial charge < -0.3 is 18.6 Å². The van der Waals surface area contributed by atoms with E-state index in [-0.39, 0.29) is 11.9 Å². The summed E-state index contributed by atoms with van der Waals surface area (Å²) in [6.45, 7) is 11.0. The molecule has 7 nitrogen and oxygen atoms in total. The number of rotatable bonds is 4. The van der Waals surface area contributed by atoms with E-state index in [1.807, 2.05) is 0 Å². The highest BCUT2D eigenvalue weighted by molar-refractivity contribution is 6.69. The standard InChI is InChI=1S/C24H34O7Si/c1-14-12-21-13-22(14,31-32(4,5)6)11-8-15(21)24-10-7-9-23(19(26)29-3,20(27)30-24)17(24)16(21)18(25)28-2/h15-17H,1,7-13H2,2-6H3/t15?,16-,17?,21+,22+,23?,24-/m1/s1. The number of carbonyl (C=O) groups excluding carboxylic acids is 3. The molecule has 5 fully saturated rings. The summed E-state index contributed by atoms with van der Waals surface area (Å²) in [4.78, 5) is 40.0. The van der Waals surface area contributed by atoms with Crippen LogP contribution in [0.2, 0.25) is 19.6 Å². The fourth-order valence-corrected chi connectivity index (χ4v) is 10.2. The van der Waals surface area contributed by atoms with E-state index in [2.05, 4.69) is 26.2 Å². The van der Waals surface area contributed by atoms with Gasteiger partial charge in [-0.15, -0.1) is 0 Å². The zero-order valence-corrected chi connectivity index (χ0v) is 20.7. The lowest BCUT2D eigenvalue weighted by Crippen LogP contribution is -2.52. The highest BCUT2D eigenvalue weighted by Crippen LogP contribution is 2.79. The van der Waals surface area contributed by atoms with E-state index in [1.54, 1.807) is 0 Å². The summed E-state index contributed by atoms with van der Waals surface area (Å²) in [5.41, 5.74) is -2.20. The summed E-state index contributed by atoms with van der Waals surface area (Å²) in [5.74, 6) is -2.71. The van der Waals surface area contributed by atoms with Crippen LogP contribution in [-0.4, -0.2) is 51.6 Å². The summed E-state index contributed by atoms with van der Waals surface area (Å²) >= 11 is 0. The van der Waals surface area contributed by atoms with Crippen molar-refractivity contribution in [3.63, 3.8) is 0 Å². The minimum absolute atomic E-state index is 0.0301. The van der Waals surface area contributed by atoms with Crippen LogP contribution in [-0.2, 0) is 33.0 Å². The van der Waals surface area contributed by atoms with Crippen molar-refractivity contribution in [1.82, 2.24) is 0 Å². The first-order valence-electron chi connectivity index (χ1n) is 11.7. The SMILES string of the molecule is C=C1C[C@]23C[C@@]1(O[Si](C)(C)C)CCC2[C@@]12CCCC(C(=O)OC)(C(=O)O1)C2[C@@H]3C(=O)OC. The number of methoxy groups -OCH3 is 2. The summed E-state index contributed by atoms with van der Waals surface area (Å²) < 4.78 is 23.5. The molecule has 4 bridgehead atoms. The molecule has 4 aliphatic carbocycles. The maximum absolute atomic E-state index is 13.5. The molecule has 8 heteroatoms. The van der Waals surface area contributed by atoms with Crippen LogP contribution in [0.15, 0.2) is 12.2 Å². The van der Waals surface area contributed by atoms with Crippen molar-refractivity contribution < 1.29 is 33.0 Å². The number of hydrogen-bond acceptors (Lipinski definition) is 7. The second-order valence-electron chi connectivity index (χ2n) is 11.6. The molecule has 1 spiro atoms. The average molecular weight is 463 g/mol. The third-order valence-electron chi connectivity index (χ3n) is 9.22. The molecule has 4 saturated carbocycles. The molecule has 0 radical (unpaired) electrons. The minimum Gasteiger partial charge on any atom is -0.469 e. The van der Waals surface area contributed by atoms with Crippen LogP contribution in [0, 0.1) is 28.6 Å². The Morgan fingerprint density at radius 3 is 2.47 bits per heavy atom. The maximum Gasteiger partial charge on any atom is 0.324 e. The molecular weight excluding hydrogens is 428 g/mol. The zero-order chi connectivity index (χ0) is 23.3. The molecule has 1 saturated heterocycles. The zero-order valence-electron chi connectivity index (χ0n) is 19.7. The molecule has 0 aromatic heterocycles. The van der Waals surface area contributed by atoms with Crippen LogP contribution in [0.1, 0.15) is 44.9 Å². The summed E-state index contributed by atoms with van der Waals surface area (Å²) in [6.07, 6.45) is 4.58. The number of hydrogen-bond donors (Lipinski definition) is 0. The topological polar surface area (TPSA) is 88.1 Å². The van der Waals surface area contributed by atoms with Crippen LogP contribution in [0.4, 0.5) is 0 Å². The molecule has 0 aromatic rings. The fourth-order valence-electron chi connectivity index (χ4n) is 8.70. The predicted molar refractivity (Wildman–Crippen MR) is 117 cm³/mol. The molecule has 0 N–H and O–H groups in total. The monoisotopic (exact) mass is 462 g/mol. The third kappa shape index (κ3) is 2.38. The van der Waals surface area contributed by atoms with Gasteiger partial charge in [0.05, 0.1) is 25.7 Å². The molecule has 5 rings (SSSR count).